The van der Waals surface area contributed by atoms with E-state index < -0.39 is 5.91 Å². The van der Waals surface area contributed by atoms with E-state index in [0.717, 1.165) is 13.1 Å². The molecule has 3 N–H and O–H groups in total. The lowest BCUT2D eigenvalue weighted by Crippen LogP contribution is -2.35. The van der Waals surface area contributed by atoms with Gasteiger partial charge in [0.15, 0.2) is 0 Å². The van der Waals surface area contributed by atoms with Gasteiger partial charge in [0.05, 0.1) is 19.7 Å². The van der Waals surface area contributed by atoms with Crippen LogP contribution in [0.5, 0.6) is 0 Å². The minimum Gasteiger partial charge on any atom is -0.369 e. The molecule has 8 nitrogen and oxygen atoms in total. The zero-order chi connectivity index (χ0) is 13.0. The van der Waals surface area contributed by atoms with Crippen molar-refractivity contribution in [3.63, 3.8) is 0 Å². The number of hydrogen-bond donors (Lipinski definition) is 2. The van der Waals surface area contributed by atoms with E-state index in [2.05, 4.69) is 20.4 Å². The van der Waals surface area contributed by atoms with Crippen LogP contribution in [0, 0.1) is 0 Å². The molecule has 18 heavy (non-hydrogen) atoms. The van der Waals surface area contributed by atoms with Gasteiger partial charge in [-0.05, 0) is 7.05 Å². The number of carbonyl (C=O) groups excluding carboxylic acids is 1. The van der Waals surface area contributed by atoms with Crippen molar-refractivity contribution in [1.82, 2.24) is 20.4 Å². The highest BCUT2D eigenvalue weighted by Crippen LogP contribution is 2.18. The standard InChI is InChI=1S/C10H17N5O3/c1-15-2-3-17-7(6-15)10-13-9(18-14-10)5-12-4-8(11)16/h7,12H,2-6H2,1H3,(H2,11,16). The van der Waals surface area contributed by atoms with Crippen LogP contribution in [-0.2, 0) is 16.1 Å². The number of carbonyl (C=O) groups is 1. The van der Waals surface area contributed by atoms with Gasteiger partial charge in [-0.2, -0.15) is 4.98 Å². The number of nitrogens with zero attached hydrogens (tertiary/aromatic N) is 3. The van der Waals surface area contributed by atoms with Crippen molar-refractivity contribution in [1.29, 1.82) is 0 Å². The summed E-state index contributed by atoms with van der Waals surface area (Å²) in [7, 11) is 2.02. The van der Waals surface area contributed by atoms with Crippen LogP contribution in [0.25, 0.3) is 0 Å². The first-order chi connectivity index (χ1) is 8.65. The van der Waals surface area contributed by atoms with Crippen molar-refractivity contribution in [3.05, 3.63) is 11.7 Å². The van der Waals surface area contributed by atoms with Crippen LogP contribution in [0.1, 0.15) is 17.8 Å². The number of aromatic nitrogens is 2. The molecule has 0 aromatic carbocycles. The molecule has 2 heterocycles. The van der Waals surface area contributed by atoms with Crippen molar-refractivity contribution >= 4 is 5.91 Å². The quantitative estimate of drug-likeness (QED) is 0.669. The van der Waals surface area contributed by atoms with Gasteiger partial charge in [-0.25, -0.2) is 0 Å². The Morgan fingerprint density at radius 3 is 3.22 bits per heavy atom. The molecular weight excluding hydrogens is 238 g/mol. The average molecular weight is 255 g/mol. The maximum Gasteiger partial charge on any atom is 0.240 e. The van der Waals surface area contributed by atoms with E-state index in [9.17, 15) is 4.79 Å². The Morgan fingerprint density at radius 2 is 2.50 bits per heavy atom. The van der Waals surface area contributed by atoms with Gasteiger partial charge in [-0.3, -0.25) is 10.1 Å². The molecule has 1 aromatic rings. The molecule has 1 aliphatic heterocycles. The van der Waals surface area contributed by atoms with E-state index >= 15 is 0 Å². The first kappa shape index (κ1) is 12.9. The Bertz CT molecular complexity index is 408. The second-order valence-corrected chi connectivity index (χ2v) is 4.24. The van der Waals surface area contributed by atoms with Gasteiger partial charge in [0.1, 0.15) is 6.10 Å². The lowest BCUT2D eigenvalue weighted by atomic mass is 10.3. The van der Waals surface area contributed by atoms with Crippen molar-refractivity contribution in [2.24, 2.45) is 5.73 Å². The SMILES string of the molecule is CN1CCOC(c2noc(CNCC(N)=O)n2)C1. The molecule has 1 amide bonds. The highest BCUT2D eigenvalue weighted by atomic mass is 16.5. The van der Waals surface area contributed by atoms with Gasteiger partial charge in [0.25, 0.3) is 0 Å². The molecule has 8 heteroatoms. The molecule has 1 aliphatic rings. The topological polar surface area (TPSA) is 107 Å². The second kappa shape index (κ2) is 5.89. The van der Waals surface area contributed by atoms with Crippen molar-refractivity contribution < 1.29 is 14.1 Å². The van der Waals surface area contributed by atoms with E-state index in [1.54, 1.807) is 0 Å². The number of morpholine rings is 1. The molecule has 100 valence electrons. The predicted molar refractivity (Wildman–Crippen MR) is 61.4 cm³/mol. The summed E-state index contributed by atoms with van der Waals surface area (Å²) in [6.45, 7) is 2.71. The van der Waals surface area contributed by atoms with Crippen LogP contribution in [0.2, 0.25) is 0 Å². The molecule has 2 rings (SSSR count). The van der Waals surface area contributed by atoms with E-state index in [0.29, 0.717) is 24.9 Å². The Labute approximate surface area is 104 Å². The number of hydrogen-bond acceptors (Lipinski definition) is 7. The van der Waals surface area contributed by atoms with Gasteiger partial charge in [0, 0.05) is 13.1 Å². The number of amides is 1. The third-order valence-corrected chi connectivity index (χ3v) is 2.62. The van der Waals surface area contributed by atoms with Crippen LogP contribution >= 0.6 is 0 Å². The van der Waals surface area contributed by atoms with E-state index in [-0.39, 0.29) is 12.6 Å². The molecular formula is C10H17N5O3. The molecule has 0 bridgehead atoms. The molecule has 1 unspecified atom stereocenters. The number of nitrogens with two attached hydrogens (primary N) is 1. The fourth-order valence-corrected chi connectivity index (χ4v) is 1.70. The van der Waals surface area contributed by atoms with Crippen LogP contribution in [0.4, 0.5) is 0 Å². The fraction of sp³-hybridized carbons (Fsp3) is 0.700. The molecule has 1 saturated heterocycles. The zero-order valence-electron chi connectivity index (χ0n) is 10.3. The van der Waals surface area contributed by atoms with E-state index in [4.69, 9.17) is 15.0 Å². The summed E-state index contributed by atoms with van der Waals surface area (Å²) in [6.07, 6.45) is -0.155. The molecule has 1 aromatic heterocycles. The number of rotatable bonds is 5. The normalized spacial score (nSPS) is 21.1. The summed E-state index contributed by atoms with van der Waals surface area (Å²) in [6, 6.07) is 0. The van der Waals surface area contributed by atoms with Crippen LogP contribution in [0.15, 0.2) is 4.52 Å². The number of nitrogens with one attached hydrogen (secondary N) is 1. The third kappa shape index (κ3) is 3.49. The predicted octanol–water partition coefficient (Wildman–Crippen LogP) is -1.35. The first-order valence-electron chi connectivity index (χ1n) is 5.77. The van der Waals surface area contributed by atoms with Crippen molar-refractivity contribution in [2.75, 3.05) is 33.3 Å². The van der Waals surface area contributed by atoms with E-state index in [1.165, 1.54) is 0 Å². The monoisotopic (exact) mass is 255 g/mol. The minimum absolute atomic E-state index is 0.0837. The van der Waals surface area contributed by atoms with Crippen molar-refractivity contribution in [2.45, 2.75) is 12.6 Å². The van der Waals surface area contributed by atoms with Gasteiger partial charge in [-0.15, -0.1) is 0 Å². The molecule has 0 spiro atoms. The van der Waals surface area contributed by atoms with Crippen LogP contribution < -0.4 is 11.1 Å². The number of likely N-dealkylation sites (N-methyl/N-ethyl adjacent to an activating group) is 1. The summed E-state index contributed by atoms with van der Waals surface area (Å²) in [5.74, 6) is 0.535. The van der Waals surface area contributed by atoms with E-state index in [1.807, 2.05) is 7.05 Å². The smallest absolute Gasteiger partial charge is 0.240 e. The molecule has 0 saturated carbocycles. The number of primary amides is 1. The fourth-order valence-electron chi connectivity index (χ4n) is 1.70. The van der Waals surface area contributed by atoms with Crippen molar-refractivity contribution in [3.8, 4) is 0 Å². The lowest BCUT2D eigenvalue weighted by molar-refractivity contribution is -0.117. The Balaban J connectivity index is 1.87. The van der Waals surface area contributed by atoms with Crippen LogP contribution in [0.3, 0.4) is 0 Å². The number of ether oxygens (including phenoxy) is 1. The van der Waals surface area contributed by atoms with Gasteiger partial charge < -0.3 is 19.9 Å². The summed E-state index contributed by atoms with van der Waals surface area (Å²) >= 11 is 0. The summed E-state index contributed by atoms with van der Waals surface area (Å²) in [5, 5.41) is 6.68. The van der Waals surface area contributed by atoms with Gasteiger partial charge in [0.2, 0.25) is 17.6 Å². The summed E-state index contributed by atoms with van der Waals surface area (Å²) in [4.78, 5) is 16.9. The minimum atomic E-state index is -0.424. The van der Waals surface area contributed by atoms with Crippen LogP contribution in [-0.4, -0.2) is 54.2 Å². The molecule has 1 atom stereocenters. The van der Waals surface area contributed by atoms with Gasteiger partial charge >= 0.3 is 0 Å². The first-order valence-corrected chi connectivity index (χ1v) is 5.77. The maximum atomic E-state index is 10.5. The molecule has 0 aliphatic carbocycles. The Morgan fingerprint density at radius 1 is 1.67 bits per heavy atom. The Hall–Kier alpha value is -1.51. The third-order valence-electron chi connectivity index (χ3n) is 2.62. The maximum absolute atomic E-state index is 10.5. The second-order valence-electron chi connectivity index (χ2n) is 4.24. The summed E-state index contributed by atoms with van der Waals surface area (Å²) in [5.41, 5.74) is 5.00. The highest BCUT2D eigenvalue weighted by Gasteiger charge is 2.24. The Kier molecular flexibility index (Phi) is 4.24. The molecule has 0 radical (unpaired) electrons. The zero-order valence-corrected chi connectivity index (χ0v) is 10.3. The average Bonchev–Trinajstić information content (AvgIpc) is 2.77. The summed E-state index contributed by atoms with van der Waals surface area (Å²) < 4.78 is 10.6. The lowest BCUT2D eigenvalue weighted by Gasteiger charge is -2.27. The largest absolute Gasteiger partial charge is 0.369 e. The highest BCUT2D eigenvalue weighted by molar-refractivity contribution is 5.75. The molecule has 1 fully saturated rings. The van der Waals surface area contributed by atoms with Gasteiger partial charge in [-0.1, -0.05) is 5.16 Å².